The molecule has 46 heavy (non-hydrogen) atoms. The summed E-state index contributed by atoms with van der Waals surface area (Å²) in [6.45, 7) is 5.05. The summed E-state index contributed by atoms with van der Waals surface area (Å²) in [6, 6.07) is -3.14. The van der Waals surface area contributed by atoms with Crippen LogP contribution in [0.25, 0.3) is 0 Å². The number of carbonyl (C=O) groups excluding carboxylic acids is 4. The van der Waals surface area contributed by atoms with Crippen LogP contribution in [0.15, 0.2) is 9.98 Å². The molecule has 0 aromatic rings. The van der Waals surface area contributed by atoms with Gasteiger partial charge in [-0.05, 0) is 51.7 Å². The van der Waals surface area contributed by atoms with Crippen molar-refractivity contribution in [2.75, 3.05) is 53.4 Å². The lowest BCUT2D eigenvalue weighted by Crippen LogP contribution is -2.53. The van der Waals surface area contributed by atoms with Crippen LogP contribution in [0, 0.1) is 0 Å². The van der Waals surface area contributed by atoms with Gasteiger partial charge in [0.15, 0.2) is 17.0 Å². The Morgan fingerprint density at radius 2 is 0.978 bits per heavy atom. The molecule has 0 rings (SSSR count). The van der Waals surface area contributed by atoms with Gasteiger partial charge in [-0.2, -0.15) is 0 Å². The zero-order valence-corrected chi connectivity index (χ0v) is 27.9. The van der Waals surface area contributed by atoms with Crippen LogP contribution in [0.1, 0.15) is 39.5 Å². The fourth-order valence-corrected chi connectivity index (χ4v) is 3.90. The molecule has 21 heteroatoms. The van der Waals surface area contributed by atoms with Crippen LogP contribution in [-0.2, 0) is 0 Å². The SMILES string of the molecule is CNC(=O)NC[C@H](CCCN=C(N)N)NC(=O)NC[C@H](C)NC(=O)NC[C@H](CCCN=C(N)N)NC(=O)NCC(C)NC(=S)NC. The second-order valence-corrected chi connectivity index (χ2v) is 10.7. The maximum Gasteiger partial charge on any atom is 0.315 e. The van der Waals surface area contributed by atoms with Crippen LogP contribution in [-0.4, -0.2) is 119 Å². The van der Waals surface area contributed by atoms with E-state index in [0.29, 0.717) is 50.4 Å². The van der Waals surface area contributed by atoms with Gasteiger partial charge in [-0.25, -0.2) is 19.2 Å². The molecule has 0 bridgehead atoms. The summed E-state index contributed by atoms with van der Waals surface area (Å²) in [7, 11) is 3.18. The number of carbonyl (C=O) groups is 4. The molecule has 18 N–H and O–H groups in total. The largest absolute Gasteiger partial charge is 0.370 e. The topological polar surface area (TPSA) is 317 Å². The summed E-state index contributed by atoms with van der Waals surface area (Å²) < 4.78 is 0. The monoisotopic (exact) mass is 674 g/mol. The predicted molar refractivity (Wildman–Crippen MR) is 183 cm³/mol. The summed E-state index contributed by atoms with van der Waals surface area (Å²) in [5.41, 5.74) is 21.4. The van der Waals surface area contributed by atoms with Gasteiger partial charge in [-0.1, -0.05) is 0 Å². The number of hydrogen-bond acceptors (Lipinski definition) is 7. The molecular weight excluding hydrogens is 620 g/mol. The van der Waals surface area contributed by atoms with Crippen LogP contribution in [0.3, 0.4) is 0 Å². The molecule has 20 nitrogen and oxygen atoms in total. The number of hydrogen-bond donors (Lipinski definition) is 14. The Morgan fingerprint density at radius 1 is 0.587 bits per heavy atom. The van der Waals surface area contributed by atoms with Gasteiger partial charge in [-0.15, -0.1) is 0 Å². The molecule has 0 aromatic heterocycles. The Labute approximate surface area is 275 Å². The summed E-state index contributed by atoms with van der Waals surface area (Å²) in [4.78, 5) is 57.0. The summed E-state index contributed by atoms with van der Waals surface area (Å²) in [5.74, 6) is -0.0584. The lowest BCUT2D eigenvalue weighted by molar-refractivity contribution is 0.226. The fraction of sp³-hybridized carbons (Fsp3) is 0.720. The fourth-order valence-electron chi connectivity index (χ4n) is 3.70. The third kappa shape index (κ3) is 23.7. The Kier molecular flexibility index (Phi) is 22.1. The van der Waals surface area contributed by atoms with Crippen LogP contribution >= 0.6 is 12.2 Å². The normalized spacial score (nSPS) is 12.8. The molecule has 264 valence electrons. The molecule has 0 aliphatic carbocycles. The van der Waals surface area contributed by atoms with Crippen molar-refractivity contribution in [3.8, 4) is 0 Å². The maximum atomic E-state index is 12.6. The highest BCUT2D eigenvalue weighted by atomic mass is 32.1. The summed E-state index contributed by atoms with van der Waals surface area (Å²) >= 11 is 5.07. The smallest absolute Gasteiger partial charge is 0.315 e. The highest BCUT2D eigenvalue weighted by molar-refractivity contribution is 7.80. The molecule has 0 heterocycles. The minimum Gasteiger partial charge on any atom is -0.370 e. The number of nitrogens with two attached hydrogens (primary N) is 4. The third-order valence-electron chi connectivity index (χ3n) is 6.05. The predicted octanol–water partition coefficient (Wildman–Crippen LogP) is -3.47. The first-order chi connectivity index (χ1) is 21.7. The first-order valence-electron chi connectivity index (χ1n) is 14.9. The average Bonchev–Trinajstić information content (AvgIpc) is 2.99. The zero-order chi connectivity index (χ0) is 34.9. The van der Waals surface area contributed by atoms with E-state index < -0.39 is 36.2 Å². The number of guanidine groups is 2. The van der Waals surface area contributed by atoms with Crippen molar-refractivity contribution in [2.24, 2.45) is 32.9 Å². The molecule has 8 amide bonds. The number of thiocarbonyl (C=S) groups is 1. The van der Waals surface area contributed by atoms with Crippen molar-refractivity contribution in [3.63, 3.8) is 0 Å². The lowest BCUT2D eigenvalue weighted by Gasteiger charge is -2.22. The van der Waals surface area contributed by atoms with Crippen LogP contribution < -0.4 is 76.1 Å². The Morgan fingerprint density at radius 3 is 1.39 bits per heavy atom. The van der Waals surface area contributed by atoms with Gasteiger partial charge in [0.25, 0.3) is 0 Å². The molecule has 1 unspecified atom stereocenters. The van der Waals surface area contributed by atoms with E-state index in [0.717, 1.165) is 0 Å². The lowest BCUT2D eigenvalue weighted by atomic mass is 10.1. The summed E-state index contributed by atoms with van der Waals surface area (Å²) in [6.07, 6.45) is 2.12. The molecule has 4 atom stereocenters. The van der Waals surface area contributed by atoms with Crippen molar-refractivity contribution in [2.45, 2.75) is 63.7 Å². The Hall–Kier alpha value is -4.69. The van der Waals surface area contributed by atoms with E-state index in [9.17, 15) is 19.2 Å². The first-order valence-corrected chi connectivity index (χ1v) is 15.3. The second-order valence-electron chi connectivity index (χ2n) is 10.3. The van der Waals surface area contributed by atoms with E-state index >= 15 is 0 Å². The van der Waals surface area contributed by atoms with E-state index in [1.165, 1.54) is 7.05 Å². The molecule has 0 aromatic carbocycles. The zero-order valence-electron chi connectivity index (χ0n) is 27.1. The number of nitrogens with zero attached hydrogens (tertiary/aromatic N) is 2. The number of nitrogens with one attached hydrogen (secondary N) is 10. The van der Waals surface area contributed by atoms with Gasteiger partial charge in [0.2, 0.25) is 0 Å². The number of amides is 8. The molecule has 0 aliphatic rings. The van der Waals surface area contributed by atoms with Crippen molar-refractivity contribution in [1.82, 2.24) is 53.2 Å². The van der Waals surface area contributed by atoms with Gasteiger partial charge in [0.05, 0.1) is 0 Å². The first kappa shape index (κ1) is 41.3. The minimum atomic E-state index is -0.489. The van der Waals surface area contributed by atoms with Gasteiger partial charge in [0, 0.05) is 77.5 Å². The van der Waals surface area contributed by atoms with Gasteiger partial charge < -0.3 is 76.1 Å². The Balaban J connectivity index is 4.83. The van der Waals surface area contributed by atoms with E-state index in [1.54, 1.807) is 14.0 Å². The van der Waals surface area contributed by atoms with Crippen LogP contribution in [0.2, 0.25) is 0 Å². The van der Waals surface area contributed by atoms with E-state index in [2.05, 4.69) is 63.2 Å². The molecule has 0 radical (unpaired) electrons. The molecule has 0 fully saturated rings. The van der Waals surface area contributed by atoms with E-state index in [1.807, 2.05) is 6.92 Å². The Bertz CT molecular complexity index is 1010. The standard InChI is InChI=1S/C25H54N16O4S/c1-15(11-34-23(44)40-17(13-36-21(42)30-3)7-5-9-32-19(26)27)38-22(43)37-14-18(8-6-10-33-20(28)29)41-24(45)35-12-16(2)39-25(46)31-4/h15-18H,5-14H2,1-4H3,(H4,26,27,32)(H4,28,29,33)(H2,30,36,42)(H2,31,39,46)(H2,34,40,44)(H2,35,41,45)(H2,37,38,43)/t15-,16?,17-,18-/m0/s1. The molecule has 0 saturated heterocycles. The van der Waals surface area contributed by atoms with Crippen molar-refractivity contribution in [1.29, 1.82) is 0 Å². The van der Waals surface area contributed by atoms with Crippen molar-refractivity contribution in [3.05, 3.63) is 0 Å². The average molecular weight is 675 g/mol. The highest BCUT2D eigenvalue weighted by Gasteiger charge is 2.17. The third-order valence-corrected chi connectivity index (χ3v) is 6.37. The van der Waals surface area contributed by atoms with Crippen LogP contribution in [0.4, 0.5) is 19.2 Å². The van der Waals surface area contributed by atoms with Crippen LogP contribution in [0.5, 0.6) is 0 Å². The molecule has 0 saturated carbocycles. The quantitative estimate of drug-likeness (QED) is 0.0260. The van der Waals surface area contributed by atoms with E-state index in [-0.39, 0.29) is 43.6 Å². The second kappa shape index (κ2) is 24.6. The van der Waals surface area contributed by atoms with Crippen molar-refractivity contribution >= 4 is 53.4 Å². The highest BCUT2D eigenvalue weighted by Crippen LogP contribution is 1.99. The minimum absolute atomic E-state index is 0.0268. The maximum absolute atomic E-state index is 12.6. The number of aliphatic imine (C=N–C) groups is 2. The van der Waals surface area contributed by atoms with Gasteiger partial charge in [0.1, 0.15) is 0 Å². The van der Waals surface area contributed by atoms with Gasteiger partial charge in [-0.3, -0.25) is 9.98 Å². The molecule has 0 aliphatic heterocycles. The van der Waals surface area contributed by atoms with E-state index in [4.69, 9.17) is 35.2 Å². The molecule has 0 spiro atoms. The van der Waals surface area contributed by atoms with Crippen molar-refractivity contribution < 1.29 is 19.2 Å². The van der Waals surface area contributed by atoms with Gasteiger partial charge >= 0.3 is 24.1 Å². The summed E-state index contributed by atoms with van der Waals surface area (Å²) in [5, 5.41) is 28.0. The number of urea groups is 4. The number of rotatable bonds is 20. The molecular formula is C25H54N16O4S.